The van der Waals surface area contributed by atoms with Gasteiger partial charge < -0.3 is 15.2 Å². The molecule has 0 aliphatic carbocycles. The van der Waals surface area contributed by atoms with E-state index in [0.717, 1.165) is 18.5 Å². The Kier molecular flexibility index (Phi) is 6.87. The van der Waals surface area contributed by atoms with E-state index in [9.17, 15) is 9.32 Å². The second-order valence-electron chi connectivity index (χ2n) is 4.51. The maximum absolute atomic E-state index is 11.2. The molecule has 0 spiro atoms. The van der Waals surface area contributed by atoms with Crippen LogP contribution in [0.15, 0.2) is 18.2 Å². The summed E-state index contributed by atoms with van der Waals surface area (Å²) >= 11 is 0. The molecule has 0 aliphatic rings. The van der Waals surface area contributed by atoms with Gasteiger partial charge >= 0.3 is 0 Å². The van der Waals surface area contributed by atoms with Crippen LogP contribution in [0, 0.1) is 0 Å². The summed E-state index contributed by atoms with van der Waals surface area (Å²) < 4.78 is 16.5. The zero-order valence-electron chi connectivity index (χ0n) is 11.8. The standard InChI is InChI=1S/C14H23NO3S/c1-4-18-14-9-12(5-6-13(14)16)10-15-8-7-11(2)19(3)17/h5-6,9,11,15-16H,4,7-8,10H2,1-3H3. The van der Waals surface area contributed by atoms with Crippen LogP contribution < -0.4 is 10.1 Å². The minimum Gasteiger partial charge on any atom is -0.504 e. The molecule has 0 bridgehead atoms. The molecule has 4 nitrogen and oxygen atoms in total. The van der Waals surface area contributed by atoms with Gasteiger partial charge in [-0.2, -0.15) is 0 Å². The lowest BCUT2D eigenvalue weighted by atomic mass is 10.2. The number of phenols is 1. The van der Waals surface area contributed by atoms with Crippen LogP contribution in [0.3, 0.4) is 0 Å². The highest BCUT2D eigenvalue weighted by atomic mass is 32.2. The van der Waals surface area contributed by atoms with Crippen molar-refractivity contribution in [1.29, 1.82) is 0 Å². The molecule has 1 aromatic carbocycles. The number of aromatic hydroxyl groups is 1. The van der Waals surface area contributed by atoms with Crippen LogP contribution >= 0.6 is 0 Å². The quantitative estimate of drug-likeness (QED) is 0.718. The second-order valence-corrected chi connectivity index (χ2v) is 6.31. The molecule has 0 aliphatic heterocycles. The molecule has 0 saturated heterocycles. The number of benzene rings is 1. The minimum atomic E-state index is -0.761. The topological polar surface area (TPSA) is 58.6 Å². The number of ether oxygens (including phenoxy) is 1. The third-order valence-electron chi connectivity index (χ3n) is 2.95. The number of phenolic OH excluding ortho intramolecular Hbond substituents is 1. The highest BCUT2D eigenvalue weighted by molar-refractivity contribution is 7.84. The first kappa shape index (κ1) is 16.0. The van der Waals surface area contributed by atoms with Gasteiger partial charge in [0.1, 0.15) is 0 Å². The molecule has 0 aromatic heterocycles. The SMILES string of the molecule is CCOc1cc(CNCCC(C)S(C)=O)ccc1O. The molecule has 5 heteroatoms. The Hall–Kier alpha value is -1.07. The fraction of sp³-hybridized carbons (Fsp3) is 0.571. The predicted molar refractivity (Wildman–Crippen MR) is 79.1 cm³/mol. The minimum absolute atomic E-state index is 0.167. The zero-order valence-corrected chi connectivity index (χ0v) is 12.6. The molecule has 2 atom stereocenters. The number of hydrogen-bond acceptors (Lipinski definition) is 4. The molecule has 1 aromatic rings. The Balaban J connectivity index is 2.41. The Labute approximate surface area is 117 Å². The lowest BCUT2D eigenvalue weighted by molar-refractivity contribution is 0.317. The third kappa shape index (κ3) is 5.61. The molecule has 1 rings (SSSR count). The van der Waals surface area contributed by atoms with Gasteiger partial charge in [0.05, 0.1) is 6.61 Å². The number of hydrogen-bond donors (Lipinski definition) is 2. The van der Waals surface area contributed by atoms with Crippen molar-refractivity contribution in [2.24, 2.45) is 0 Å². The smallest absolute Gasteiger partial charge is 0.161 e. The average molecular weight is 285 g/mol. The van der Waals surface area contributed by atoms with Gasteiger partial charge in [-0.1, -0.05) is 13.0 Å². The summed E-state index contributed by atoms with van der Waals surface area (Å²) in [6.45, 7) is 5.95. The summed E-state index contributed by atoms with van der Waals surface area (Å²) in [6, 6.07) is 5.35. The molecule has 2 unspecified atom stereocenters. The predicted octanol–water partition coefficient (Wildman–Crippen LogP) is 2.04. The Bertz CT molecular complexity index is 423. The summed E-state index contributed by atoms with van der Waals surface area (Å²) in [5.41, 5.74) is 1.06. The van der Waals surface area contributed by atoms with Crippen molar-refractivity contribution in [3.05, 3.63) is 23.8 Å². The fourth-order valence-electron chi connectivity index (χ4n) is 1.64. The van der Waals surface area contributed by atoms with Crippen LogP contribution in [-0.2, 0) is 17.3 Å². The van der Waals surface area contributed by atoms with Gasteiger partial charge in [-0.3, -0.25) is 4.21 Å². The van der Waals surface area contributed by atoms with Crippen LogP contribution in [0.25, 0.3) is 0 Å². The molecule has 0 saturated carbocycles. The molecule has 108 valence electrons. The van der Waals surface area contributed by atoms with Crippen molar-refractivity contribution in [3.8, 4) is 11.5 Å². The van der Waals surface area contributed by atoms with Crippen molar-refractivity contribution >= 4 is 10.8 Å². The van der Waals surface area contributed by atoms with Crippen LogP contribution in [0.2, 0.25) is 0 Å². The van der Waals surface area contributed by atoms with E-state index < -0.39 is 10.8 Å². The van der Waals surface area contributed by atoms with Crippen LogP contribution in [0.4, 0.5) is 0 Å². The van der Waals surface area contributed by atoms with Gasteiger partial charge in [0, 0.05) is 28.9 Å². The lowest BCUT2D eigenvalue weighted by Gasteiger charge is -2.11. The molecule has 0 amide bonds. The highest BCUT2D eigenvalue weighted by Crippen LogP contribution is 2.26. The molecule has 0 heterocycles. The Morgan fingerprint density at radius 3 is 2.84 bits per heavy atom. The normalized spacial score (nSPS) is 14.1. The van der Waals surface area contributed by atoms with E-state index in [-0.39, 0.29) is 11.0 Å². The van der Waals surface area contributed by atoms with Crippen molar-refractivity contribution in [2.75, 3.05) is 19.4 Å². The van der Waals surface area contributed by atoms with E-state index in [1.54, 1.807) is 12.3 Å². The molecular formula is C14H23NO3S. The summed E-state index contributed by atoms with van der Waals surface area (Å²) in [5, 5.41) is 13.1. The maximum atomic E-state index is 11.2. The van der Waals surface area contributed by atoms with Crippen molar-refractivity contribution in [1.82, 2.24) is 5.32 Å². The van der Waals surface area contributed by atoms with Gasteiger partial charge in [-0.15, -0.1) is 0 Å². The van der Waals surface area contributed by atoms with Gasteiger partial charge in [0.15, 0.2) is 11.5 Å². The monoisotopic (exact) mass is 285 g/mol. The number of nitrogens with one attached hydrogen (secondary N) is 1. The van der Waals surface area contributed by atoms with Crippen molar-refractivity contribution in [2.45, 2.75) is 32.1 Å². The maximum Gasteiger partial charge on any atom is 0.161 e. The Morgan fingerprint density at radius 2 is 2.21 bits per heavy atom. The molecular weight excluding hydrogens is 262 g/mol. The summed E-state index contributed by atoms with van der Waals surface area (Å²) in [7, 11) is -0.761. The third-order valence-corrected chi connectivity index (χ3v) is 4.32. The van der Waals surface area contributed by atoms with Crippen LogP contribution in [-0.4, -0.2) is 34.0 Å². The van der Waals surface area contributed by atoms with Gasteiger partial charge in [0.2, 0.25) is 0 Å². The molecule has 19 heavy (non-hydrogen) atoms. The number of rotatable bonds is 8. The highest BCUT2D eigenvalue weighted by Gasteiger charge is 2.06. The van der Waals surface area contributed by atoms with E-state index in [0.29, 0.717) is 18.9 Å². The summed E-state index contributed by atoms with van der Waals surface area (Å²) in [5.74, 6) is 0.686. The Morgan fingerprint density at radius 1 is 1.47 bits per heavy atom. The first-order chi connectivity index (χ1) is 9.04. The first-order valence-corrected chi connectivity index (χ1v) is 8.14. The van der Waals surface area contributed by atoms with Crippen molar-refractivity contribution < 1.29 is 14.1 Å². The van der Waals surface area contributed by atoms with Crippen LogP contribution in [0.5, 0.6) is 11.5 Å². The molecule has 0 radical (unpaired) electrons. The van der Waals surface area contributed by atoms with Gasteiger partial charge in [-0.25, -0.2) is 0 Å². The first-order valence-electron chi connectivity index (χ1n) is 6.52. The lowest BCUT2D eigenvalue weighted by Crippen LogP contribution is -2.20. The summed E-state index contributed by atoms with van der Waals surface area (Å²) in [6.07, 6.45) is 2.62. The zero-order chi connectivity index (χ0) is 14.3. The average Bonchev–Trinajstić information content (AvgIpc) is 2.38. The molecule has 2 N–H and O–H groups in total. The molecule has 0 fully saturated rings. The van der Waals surface area contributed by atoms with Crippen LogP contribution in [0.1, 0.15) is 25.8 Å². The van der Waals surface area contributed by atoms with Gasteiger partial charge in [-0.05, 0) is 37.6 Å². The fourth-order valence-corrected chi connectivity index (χ4v) is 2.09. The summed E-state index contributed by atoms with van der Waals surface area (Å²) in [4.78, 5) is 0. The second kappa shape index (κ2) is 8.17. The van der Waals surface area contributed by atoms with E-state index in [1.807, 2.05) is 26.0 Å². The van der Waals surface area contributed by atoms with E-state index in [2.05, 4.69) is 5.32 Å². The van der Waals surface area contributed by atoms with E-state index in [1.165, 1.54) is 0 Å². The largest absolute Gasteiger partial charge is 0.504 e. The van der Waals surface area contributed by atoms with E-state index >= 15 is 0 Å². The van der Waals surface area contributed by atoms with E-state index in [4.69, 9.17) is 4.74 Å². The van der Waals surface area contributed by atoms with Crippen molar-refractivity contribution in [3.63, 3.8) is 0 Å². The van der Waals surface area contributed by atoms with Gasteiger partial charge in [0.25, 0.3) is 0 Å².